The van der Waals surface area contributed by atoms with Crippen molar-refractivity contribution in [3.05, 3.63) is 75.3 Å². The number of likely N-dealkylation sites (tertiary alicyclic amines) is 1. The molecule has 0 aliphatic carbocycles. The highest BCUT2D eigenvalue weighted by molar-refractivity contribution is 6.46. The van der Waals surface area contributed by atoms with Crippen molar-refractivity contribution in [2.45, 2.75) is 19.9 Å². The van der Waals surface area contributed by atoms with E-state index in [-0.39, 0.29) is 23.4 Å². The smallest absolute Gasteiger partial charge is 0.295 e. The molecule has 1 unspecified atom stereocenters. The summed E-state index contributed by atoms with van der Waals surface area (Å²) < 4.78 is 5.21. The molecule has 2 aromatic rings. The summed E-state index contributed by atoms with van der Waals surface area (Å²) in [5, 5.41) is 22.2. The quantitative estimate of drug-likeness (QED) is 0.204. The van der Waals surface area contributed by atoms with Crippen molar-refractivity contribution in [2.24, 2.45) is 0 Å². The Balaban J connectivity index is 2.12. The number of carbonyl (C=O) groups excluding carboxylic acids is 2. The van der Waals surface area contributed by atoms with Crippen molar-refractivity contribution >= 4 is 23.1 Å². The van der Waals surface area contributed by atoms with Crippen molar-refractivity contribution in [1.29, 1.82) is 0 Å². The highest BCUT2D eigenvalue weighted by Crippen LogP contribution is 2.40. The number of amides is 1. The molecule has 0 saturated carbocycles. The van der Waals surface area contributed by atoms with Gasteiger partial charge >= 0.3 is 0 Å². The van der Waals surface area contributed by atoms with Crippen LogP contribution in [-0.4, -0.2) is 64.8 Å². The number of likely N-dealkylation sites (N-methyl/N-ethyl adjacent to an activating group) is 1. The van der Waals surface area contributed by atoms with Gasteiger partial charge in [-0.1, -0.05) is 38.1 Å². The number of benzene rings is 2. The number of ether oxygens (including phenoxy) is 1. The van der Waals surface area contributed by atoms with Crippen LogP contribution in [0.3, 0.4) is 0 Å². The van der Waals surface area contributed by atoms with Crippen molar-refractivity contribution in [3.63, 3.8) is 0 Å². The molecule has 1 amide bonds. The van der Waals surface area contributed by atoms with Gasteiger partial charge in [0.15, 0.2) is 0 Å². The number of hydrogen-bond donors (Lipinski definition) is 1. The van der Waals surface area contributed by atoms with Crippen LogP contribution in [0.4, 0.5) is 5.69 Å². The van der Waals surface area contributed by atoms with E-state index in [1.54, 1.807) is 24.3 Å². The number of hydrogen-bond acceptors (Lipinski definition) is 7. The zero-order chi connectivity index (χ0) is 24.1. The minimum Gasteiger partial charge on any atom is -0.507 e. The Morgan fingerprint density at radius 1 is 1.15 bits per heavy atom. The minimum absolute atomic E-state index is 0.0924. The molecule has 0 bridgehead atoms. The molecule has 9 heteroatoms. The first-order valence-electron chi connectivity index (χ1n) is 10.7. The number of methoxy groups -OCH3 is 1. The van der Waals surface area contributed by atoms with Gasteiger partial charge in [-0.3, -0.25) is 19.7 Å². The lowest BCUT2D eigenvalue weighted by Crippen LogP contribution is -2.38. The van der Waals surface area contributed by atoms with E-state index in [1.165, 1.54) is 36.3 Å². The largest absolute Gasteiger partial charge is 0.507 e. The lowest BCUT2D eigenvalue weighted by atomic mass is 9.95. The number of nitrogens with zero attached hydrogens (tertiary/aromatic N) is 3. The molecule has 0 radical (unpaired) electrons. The van der Waals surface area contributed by atoms with E-state index in [1.807, 2.05) is 13.8 Å². The topological polar surface area (TPSA) is 113 Å². The number of aliphatic hydroxyl groups is 1. The van der Waals surface area contributed by atoms with Gasteiger partial charge in [0.25, 0.3) is 17.4 Å². The predicted molar refractivity (Wildman–Crippen MR) is 123 cm³/mol. The van der Waals surface area contributed by atoms with Crippen LogP contribution >= 0.6 is 0 Å². The average molecular weight is 453 g/mol. The Kier molecular flexibility index (Phi) is 7.44. The third-order valence-electron chi connectivity index (χ3n) is 5.85. The molecule has 2 aromatic carbocycles. The number of nitro benzene ring substituents is 1. The molecule has 1 heterocycles. The summed E-state index contributed by atoms with van der Waals surface area (Å²) in [5.41, 5.74) is 0.409. The lowest BCUT2D eigenvalue weighted by Gasteiger charge is -2.28. The van der Waals surface area contributed by atoms with E-state index >= 15 is 0 Å². The third kappa shape index (κ3) is 4.88. The molecule has 1 saturated heterocycles. The van der Waals surface area contributed by atoms with Crippen LogP contribution in [0, 0.1) is 10.1 Å². The SMILES string of the molecule is CCN(CC)CCN1C(=O)C(=O)/C(=C(\O)c2cccc([N+](=O)[O-])c2)C1c1ccc(OC)cc1. The standard InChI is InChI=1S/C24H27N3O6/c1-4-25(5-2)13-14-26-21(16-9-11-19(33-3)12-10-16)20(23(29)24(26)30)22(28)17-7-6-8-18(15-17)27(31)32/h6-12,15,21,28H,4-5,13-14H2,1-3H3/b22-20-. The zero-order valence-corrected chi connectivity index (χ0v) is 18.9. The highest BCUT2D eigenvalue weighted by atomic mass is 16.6. The van der Waals surface area contributed by atoms with Gasteiger partial charge in [0.05, 0.1) is 23.6 Å². The molecule has 0 spiro atoms. The van der Waals surface area contributed by atoms with Crippen LogP contribution in [-0.2, 0) is 9.59 Å². The molecule has 1 N–H and O–H groups in total. The normalized spacial score (nSPS) is 17.6. The molecular formula is C24H27N3O6. The Labute approximate surface area is 192 Å². The summed E-state index contributed by atoms with van der Waals surface area (Å²) >= 11 is 0. The van der Waals surface area contributed by atoms with Crippen molar-refractivity contribution in [3.8, 4) is 5.75 Å². The second-order valence-corrected chi connectivity index (χ2v) is 7.60. The van der Waals surface area contributed by atoms with Crippen molar-refractivity contribution < 1.29 is 24.4 Å². The van der Waals surface area contributed by atoms with Gasteiger partial charge in [0.1, 0.15) is 11.5 Å². The molecule has 174 valence electrons. The zero-order valence-electron chi connectivity index (χ0n) is 18.9. The molecule has 1 atom stereocenters. The molecule has 3 rings (SSSR count). The number of rotatable bonds is 9. The average Bonchev–Trinajstić information content (AvgIpc) is 3.09. The van der Waals surface area contributed by atoms with Gasteiger partial charge < -0.3 is 19.6 Å². The third-order valence-corrected chi connectivity index (χ3v) is 5.85. The predicted octanol–water partition coefficient (Wildman–Crippen LogP) is 3.37. The Bertz CT molecular complexity index is 1080. The van der Waals surface area contributed by atoms with Gasteiger partial charge in [-0.05, 0) is 30.8 Å². The number of nitro groups is 1. The second kappa shape index (κ2) is 10.3. The fourth-order valence-corrected chi connectivity index (χ4v) is 3.95. The van der Waals surface area contributed by atoms with Crippen LogP contribution in [0.5, 0.6) is 5.75 Å². The van der Waals surface area contributed by atoms with E-state index in [9.17, 15) is 24.8 Å². The summed E-state index contributed by atoms with van der Waals surface area (Å²) in [6, 6.07) is 11.4. The molecule has 33 heavy (non-hydrogen) atoms. The van der Waals surface area contributed by atoms with Crippen LogP contribution in [0.25, 0.3) is 5.76 Å². The highest BCUT2D eigenvalue weighted by Gasteiger charge is 2.46. The number of carbonyl (C=O) groups is 2. The maximum atomic E-state index is 13.1. The number of aliphatic hydroxyl groups excluding tert-OH is 1. The van der Waals surface area contributed by atoms with Crippen LogP contribution < -0.4 is 4.74 Å². The molecular weight excluding hydrogens is 426 g/mol. The second-order valence-electron chi connectivity index (χ2n) is 7.60. The van der Waals surface area contributed by atoms with E-state index in [2.05, 4.69) is 4.90 Å². The van der Waals surface area contributed by atoms with Gasteiger partial charge in [0, 0.05) is 30.8 Å². The van der Waals surface area contributed by atoms with Crippen molar-refractivity contribution in [2.75, 3.05) is 33.3 Å². The van der Waals surface area contributed by atoms with Crippen molar-refractivity contribution in [1.82, 2.24) is 9.80 Å². The monoisotopic (exact) mass is 453 g/mol. The fourth-order valence-electron chi connectivity index (χ4n) is 3.95. The summed E-state index contributed by atoms with van der Waals surface area (Å²) in [7, 11) is 1.54. The number of ketones is 1. The van der Waals surface area contributed by atoms with Crippen LogP contribution in [0.15, 0.2) is 54.1 Å². The maximum Gasteiger partial charge on any atom is 0.295 e. The Morgan fingerprint density at radius 2 is 1.82 bits per heavy atom. The maximum absolute atomic E-state index is 13.1. The first kappa shape index (κ1) is 23.9. The number of non-ortho nitro benzene ring substituents is 1. The summed E-state index contributed by atoms with van der Waals surface area (Å²) in [4.78, 5) is 40.2. The molecule has 9 nitrogen and oxygen atoms in total. The lowest BCUT2D eigenvalue weighted by molar-refractivity contribution is -0.384. The summed E-state index contributed by atoms with van der Waals surface area (Å²) in [6.07, 6.45) is 0. The summed E-state index contributed by atoms with van der Waals surface area (Å²) in [6.45, 7) is 6.46. The van der Waals surface area contributed by atoms with Gasteiger partial charge in [-0.2, -0.15) is 0 Å². The first-order valence-corrected chi connectivity index (χ1v) is 10.7. The van der Waals surface area contributed by atoms with Crippen LogP contribution in [0.1, 0.15) is 31.0 Å². The molecule has 0 aromatic heterocycles. The van der Waals surface area contributed by atoms with E-state index in [0.29, 0.717) is 17.9 Å². The Hall–Kier alpha value is -3.72. The van der Waals surface area contributed by atoms with Crippen LogP contribution in [0.2, 0.25) is 0 Å². The first-order chi connectivity index (χ1) is 15.8. The van der Waals surface area contributed by atoms with Gasteiger partial charge in [-0.15, -0.1) is 0 Å². The van der Waals surface area contributed by atoms with E-state index in [0.717, 1.165) is 13.1 Å². The van der Waals surface area contributed by atoms with Gasteiger partial charge in [-0.25, -0.2) is 0 Å². The summed E-state index contributed by atoms with van der Waals surface area (Å²) in [5.74, 6) is -1.37. The van der Waals surface area contributed by atoms with E-state index in [4.69, 9.17) is 4.74 Å². The number of Topliss-reactive ketones (excluding diaryl/α,β-unsaturated/α-hetero) is 1. The van der Waals surface area contributed by atoms with E-state index < -0.39 is 28.4 Å². The van der Waals surface area contributed by atoms with Gasteiger partial charge in [0.2, 0.25) is 0 Å². The fraction of sp³-hybridized carbons (Fsp3) is 0.333. The molecule has 1 aliphatic rings. The molecule has 1 fully saturated rings. The molecule has 1 aliphatic heterocycles. The minimum atomic E-state index is -0.828. The Morgan fingerprint density at radius 3 is 2.39 bits per heavy atom.